The maximum Gasteiger partial charge on any atom is 0.0853 e. The monoisotopic (exact) mass is 272 g/mol. The summed E-state index contributed by atoms with van der Waals surface area (Å²) in [4.78, 5) is 2.35. The highest BCUT2D eigenvalue weighted by Gasteiger charge is 2.27. The van der Waals surface area contributed by atoms with Crippen molar-refractivity contribution in [1.29, 1.82) is 0 Å². The Labute approximate surface area is 113 Å². The number of hydrogen-bond donors (Lipinski definition) is 1. The Morgan fingerprint density at radius 3 is 3.06 bits per heavy atom. The van der Waals surface area contributed by atoms with Gasteiger partial charge in [0.25, 0.3) is 0 Å². The number of alkyl halides is 1. The van der Waals surface area contributed by atoms with Gasteiger partial charge in [0.05, 0.1) is 5.50 Å². The SMILES string of the molecule is CCC(Cl)N1CCNCC1c1cccc(Cl)c1. The Morgan fingerprint density at radius 2 is 2.35 bits per heavy atom. The van der Waals surface area contributed by atoms with Crippen molar-refractivity contribution in [3.63, 3.8) is 0 Å². The Bertz CT molecular complexity index is 370. The van der Waals surface area contributed by atoms with E-state index in [4.69, 9.17) is 23.2 Å². The van der Waals surface area contributed by atoms with E-state index in [1.165, 1.54) is 5.56 Å². The molecule has 1 fully saturated rings. The molecule has 1 saturated heterocycles. The molecule has 1 aliphatic heterocycles. The van der Waals surface area contributed by atoms with Crippen LogP contribution in [-0.4, -0.2) is 30.0 Å². The highest BCUT2D eigenvalue weighted by Crippen LogP contribution is 2.28. The fourth-order valence-corrected chi connectivity index (χ4v) is 2.75. The van der Waals surface area contributed by atoms with E-state index in [-0.39, 0.29) is 5.50 Å². The molecule has 1 heterocycles. The predicted molar refractivity (Wildman–Crippen MR) is 73.7 cm³/mol. The van der Waals surface area contributed by atoms with E-state index in [0.29, 0.717) is 6.04 Å². The van der Waals surface area contributed by atoms with Crippen molar-refractivity contribution >= 4 is 23.2 Å². The molecule has 0 amide bonds. The third-order valence-corrected chi connectivity index (χ3v) is 4.01. The Morgan fingerprint density at radius 1 is 1.53 bits per heavy atom. The van der Waals surface area contributed by atoms with Crippen LogP contribution in [0.15, 0.2) is 24.3 Å². The summed E-state index contributed by atoms with van der Waals surface area (Å²) in [6.45, 7) is 5.04. The van der Waals surface area contributed by atoms with Crippen LogP contribution in [-0.2, 0) is 0 Å². The first kappa shape index (κ1) is 13.2. The van der Waals surface area contributed by atoms with Crippen LogP contribution in [0.25, 0.3) is 0 Å². The summed E-state index contributed by atoms with van der Waals surface area (Å²) >= 11 is 12.4. The molecule has 4 heteroatoms. The van der Waals surface area contributed by atoms with E-state index < -0.39 is 0 Å². The third kappa shape index (κ3) is 3.14. The van der Waals surface area contributed by atoms with Crippen molar-refractivity contribution in [3.8, 4) is 0 Å². The van der Waals surface area contributed by atoms with Gasteiger partial charge in [-0.1, -0.05) is 30.7 Å². The second-order valence-corrected chi connectivity index (χ2v) is 5.30. The molecule has 0 aromatic heterocycles. The molecule has 2 atom stereocenters. The molecule has 1 aliphatic rings. The summed E-state index contributed by atoms with van der Waals surface area (Å²) in [6.07, 6.45) is 0.957. The highest BCUT2D eigenvalue weighted by molar-refractivity contribution is 6.30. The number of halogens is 2. The smallest absolute Gasteiger partial charge is 0.0853 e. The molecule has 17 heavy (non-hydrogen) atoms. The summed E-state index contributed by atoms with van der Waals surface area (Å²) in [5.41, 5.74) is 1.34. The predicted octanol–water partition coefficient (Wildman–Crippen LogP) is 3.26. The Hall–Kier alpha value is -0.280. The van der Waals surface area contributed by atoms with Crippen LogP contribution in [0.1, 0.15) is 24.9 Å². The Balaban J connectivity index is 2.21. The van der Waals surface area contributed by atoms with Gasteiger partial charge in [-0.3, -0.25) is 4.90 Å². The second kappa shape index (κ2) is 6.05. The first-order valence-electron chi connectivity index (χ1n) is 6.08. The number of benzene rings is 1. The van der Waals surface area contributed by atoms with Gasteiger partial charge in [0.2, 0.25) is 0 Å². The third-order valence-electron chi connectivity index (χ3n) is 3.21. The quantitative estimate of drug-likeness (QED) is 0.671. The van der Waals surface area contributed by atoms with E-state index in [0.717, 1.165) is 31.1 Å². The van der Waals surface area contributed by atoms with E-state index in [1.54, 1.807) is 0 Å². The van der Waals surface area contributed by atoms with Gasteiger partial charge in [0.1, 0.15) is 0 Å². The van der Waals surface area contributed by atoms with Crippen LogP contribution >= 0.6 is 23.2 Å². The molecule has 0 bridgehead atoms. The van der Waals surface area contributed by atoms with E-state index >= 15 is 0 Å². The Kier molecular flexibility index (Phi) is 4.69. The average Bonchev–Trinajstić information content (AvgIpc) is 2.38. The highest BCUT2D eigenvalue weighted by atomic mass is 35.5. The van der Waals surface area contributed by atoms with Gasteiger partial charge in [0.15, 0.2) is 0 Å². The van der Waals surface area contributed by atoms with E-state index in [2.05, 4.69) is 23.2 Å². The fourth-order valence-electron chi connectivity index (χ4n) is 2.31. The van der Waals surface area contributed by atoms with E-state index in [9.17, 15) is 0 Å². The molecule has 1 N–H and O–H groups in total. The zero-order valence-electron chi connectivity index (χ0n) is 10.00. The first-order chi connectivity index (χ1) is 8.22. The largest absolute Gasteiger partial charge is 0.314 e. The fraction of sp³-hybridized carbons (Fsp3) is 0.538. The number of hydrogen-bond acceptors (Lipinski definition) is 2. The molecule has 0 radical (unpaired) electrons. The van der Waals surface area contributed by atoms with Gasteiger partial charge >= 0.3 is 0 Å². The normalized spacial score (nSPS) is 23.6. The van der Waals surface area contributed by atoms with Crippen LogP contribution in [0.2, 0.25) is 5.02 Å². The van der Waals surface area contributed by atoms with Crippen molar-refractivity contribution in [1.82, 2.24) is 10.2 Å². The van der Waals surface area contributed by atoms with Gasteiger partial charge in [-0.2, -0.15) is 0 Å². The van der Waals surface area contributed by atoms with E-state index in [1.807, 2.05) is 18.2 Å². The lowest BCUT2D eigenvalue weighted by Gasteiger charge is -2.39. The van der Waals surface area contributed by atoms with Crippen molar-refractivity contribution in [2.45, 2.75) is 24.9 Å². The van der Waals surface area contributed by atoms with Crippen LogP contribution in [0.4, 0.5) is 0 Å². The lowest BCUT2D eigenvalue weighted by Crippen LogP contribution is -2.48. The number of nitrogens with one attached hydrogen (secondary N) is 1. The van der Waals surface area contributed by atoms with Crippen molar-refractivity contribution in [2.75, 3.05) is 19.6 Å². The van der Waals surface area contributed by atoms with Crippen LogP contribution in [0.5, 0.6) is 0 Å². The molecule has 1 aromatic carbocycles. The minimum absolute atomic E-state index is 0.0982. The van der Waals surface area contributed by atoms with Gasteiger partial charge < -0.3 is 5.32 Å². The molecular formula is C13H18Cl2N2. The standard InChI is InChI=1S/C13H18Cl2N2/c1-2-13(15)17-7-6-16-9-12(17)10-4-3-5-11(14)8-10/h3-5,8,12-13,16H,2,6-7,9H2,1H3. The number of piperazine rings is 1. The van der Waals surface area contributed by atoms with Gasteiger partial charge in [0, 0.05) is 30.7 Å². The number of nitrogens with zero attached hydrogens (tertiary/aromatic N) is 1. The lowest BCUT2D eigenvalue weighted by molar-refractivity contribution is 0.142. The minimum Gasteiger partial charge on any atom is -0.314 e. The molecule has 2 nitrogen and oxygen atoms in total. The molecule has 2 unspecified atom stereocenters. The summed E-state index contributed by atoms with van der Waals surface area (Å²) in [6, 6.07) is 8.38. The van der Waals surface area contributed by atoms with Crippen molar-refractivity contribution in [2.24, 2.45) is 0 Å². The maximum absolute atomic E-state index is 6.39. The second-order valence-electron chi connectivity index (χ2n) is 4.36. The average molecular weight is 273 g/mol. The summed E-state index contributed by atoms with van der Waals surface area (Å²) in [5, 5.41) is 4.21. The minimum atomic E-state index is 0.0982. The van der Waals surface area contributed by atoms with Gasteiger partial charge in [-0.25, -0.2) is 0 Å². The molecule has 2 rings (SSSR count). The van der Waals surface area contributed by atoms with Crippen LogP contribution in [0, 0.1) is 0 Å². The van der Waals surface area contributed by atoms with Gasteiger partial charge in [-0.15, -0.1) is 11.6 Å². The summed E-state index contributed by atoms with van der Waals surface area (Å²) in [5.74, 6) is 0. The topological polar surface area (TPSA) is 15.3 Å². The van der Waals surface area contributed by atoms with Crippen molar-refractivity contribution < 1.29 is 0 Å². The zero-order chi connectivity index (χ0) is 12.3. The molecule has 0 spiro atoms. The van der Waals surface area contributed by atoms with Crippen LogP contribution < -0.4 is 5.32 Å². The summed E-state index contributed by atoms with van der Waals surface area (Å²) in [7, 11) is 0. The molecule has 0 aliphatic carbocycles. The van der Waals surface area contributed by atoms with Crippen LogP contribution in [0.3, 0.4) is 0 Å². The molecule has 1 aromatic rings. The first-order valence-corrected chi connectivity index (χ1v) is 6.89. The maximum atomic E-state index is 6.39. The lowest BCUT2D eigenvalue weighted by atomic mass is 10.0. The molecule has 0 saturated carbocycles. The molecular weight excluding hydrogens is 255 g/mol. The molecule has 94 valence electrons. The van der Waals surface area contributed by atoms with Crippen molar-refractivity contribution in [3.05, 3.63) is 34.9 Å². The van der Waals surface area contributed by atoms with Gasteiger partial charge in [-0.05, 0) is 24.1 Å². The summed E-state index contributed by atoms with van der Waals surface area (Å²) < 4.78 is 0. The zero-order valence-corrected chi connectivity index (χ0v) is 11.5. The number of rotatable bonds is 3.